The van der Waals surface area contributed by atoms with Crippen molar-refractivity contribution >= 4 is 11.3 Å². The van der Waals surface area contributed by atoms with Gasteiger partial charge in [0.2, 0.25) is 0 Å². The minimum Gasteiger partial charge on any atom is -0.343 e. The predicted octanol–water partition coefficient (Wildman–Crippen LogP) is 3.80. The van der Waals surface area contributed by atoms with Crippen molar-refractivity contribution in [2.45, 2.75) is 45.2 Å². The molecule has 0 spiro atoms. The molecule has 0 radical (unpaired) electrons. The van der Waals surface area contributed by atoms with E-state index >= 15 is 0 Å². The van der Waals surface area contributed by atoms with Crippen LogP contribution in [0.2, 0.25) is 0 Å². The maximum atomic E-state index is 6.19. The topological polar surface area (TPSA) is 30.9 Å². The van der Waals surface area contributed by atoms with Crippen LogP contribution in [0.4, 0.5) is 0 Å². The quantitative estimate of drug-likeness (QED) is 0.874. The van der Waals surface area contributed by atoms with Gasteiger partial charge in [-0.3, -0.25) is 0 Å². The summed E-state index contributed by atoms with van der Waals surface area (Å²) in [5.41, 5.74) is 9.01. The predicted molar refractivity (Wildman–Crippen MR) is 77.2 cm³/mol. The number of rotatable bonds is 2. The summed E-state index contributed by atoms with van der Waals surface area (Å²) < 4.78 is 2.42. The average Bonchev–Trinajstić information content (AvgIpc) is 2.95. The fourth-order valence-electron chi connectivity index (χ4n) is 2.93. The van der Waals surface area contributed by atoms with E-state index in [1.54, 1.807) is 0 Å². The molecule has 0 bridgehead atoms. The maximum Gasteiger partial charge on any atom is 0.0647 e. The van der Waals surface area contributed by atoms with E-state index in [0.29, 0.717) is 6.04 Å². The molecule has 0 amide bonds. The number of nitrogens with zero attached hydrogens (tertiary/aromatic N) is 1. The molecule has 2 aromatic heterocycles. The molecule has 2 unspecified atom stereocenters. The van der Waals surface area contributed by atoms with Gasteiger partial charge >= 0.3 is 0 Å². The van der Waals surface area contributed by atoms with Gasteiger partial charge in [0.1, 0.15) is 0 Å². The lowest BCUT2D eigenvalue weighted by molar-refractivity contribution is 0.528. The van der Waals surface area contributed by atoms with Gasteiger partial charge in [-0.25, -0.2) is 0 Å². The van der Waals surface area contributed by atoms with E-state index in [1.165, 1.54) is 33.9 Å². The van der Waals surface area contributed by atoms with E-state index in [1.807, 2.05) is 11.3 Å². The molecule has 2 N–H and O–H groups in total. The Labute approximate surface area is 112 Å². The van der Waals surface area contributed by atoms with Crippen LogP contribution in [0, 0.1) is 6.92 Å². The third kappa shape index (κ3) is 1.91. The smallest absolute Gasteiger partial charge is 0.0647 e. The molecule has 2 aromatic rings. The lowest BCUT2D eigenvalue weighted by Crippen LogP contribution is -2.19. The van der Waals surface area contributed by atoms with E-state index in [2.05, 4.69) is 42.8 Å². The molecule has 18 heavy (non-hydrogen) atoms. The summed E-state index contributed by atoms with van der Waals surface area (Å²) in [5, 5.41) is 0. The molecule has 96 valence electrons. The summed E-state index contributed by atoms with van der Waals surface area (Å²) in [6, 6.07) is 7.35. The van der Waals surface area contributed by atoms with Crippen LogP contribution >= 0.6 is 11.3 Å². The minimum absolute atomic E-state index is 0.243. The number of hydrogen-bond donors (Lipinski definition) is 1. The highest BCUT2D eigenvalue weighted by atomic mass is 32.1. The van der Waals surface area contributed by atoms with Gasteiger partial charge in [0, 0.05) is 27.7 Å². The summed E-state index contributed by atoms with van der Waals surface area (Å²) in [5.74, 6) is 0. The number of thiophene rings is 1. The van der Waals surface area contributed by atoms with E-state index in [9.17, 15) is 0 Å². The summed E-state index contributed by atoms with van der Waals surface area (Å²) in [6.45, 7) is 4.45. The van der Waals surface area contributed by atoms with Crippen molar-refractivity contribution in [1.29, 1.82) is 0 Å². The van der Waals surface area contributed by atoms with Gasteiger partial charge in [0.25, 0.3) is 0 Å². The van der Waals surface area contributed by atoms with Crippen LogP contribution in [0.25, 0.3) is 0 Å². The van der Waals surface area contributed by atoms with E-state index in [0.717, 1.165) is 6.42 Å². The van der Waals surface area contributed by atoms with Crippen LogP contribution in [-0.2, 0) is 6.42 Å². The highest BCUT2D eigenvalue weighted by Gasteiger charge is 2.22. The molecule has 0 saturated heterocycles. The summed E-state index contributed by atoms with van der Waals surface area (Å²) in [4.78, 5) is 2.82. The highest BCUT2D eigenvalue weighted by molar-refractivity contribution is 7.12. The Hall–Kier alpha value is -1.06. The first-order valence-corrected chi connectivity index (χ1v) is 7.50. The molecule has 2 heterocycles. The number of fused-ring (bicyclic) bond motifs is 1. The molecule has 1 aliphatic rings. The summed E-state index contributed by atoms with van der Waals surface area (Å²) >= 11 is 1.89. The van der Waals surface area contributed by atoms with Crippen LogP contribution in [-0.4, -0.2) is 4.57 Å². The monoisotopic (exact) mass is 260 g/mol. The molecular weight excluding hydrogens is 240 g/mol. The minimum atomic E-state index is 0.243. The summed E-state index contributed by atoms with van der Waals surface area (Å²) in [7, 11) is 0. The Balaban J connectivity index is 1.97. The van der Waals surface area contributed by atoms with Gasteiger partial charge in [-0.05, 0) is 56.9 Å². The van der Waals surface area contributed by atoms with E-state index in [4.69, 9.17) is 5.73 Å². The second-order valence-electron chi connectivity index (χ2n) is 5.25. The molecule has 2 atom stereocenters. The van der Waals surface area contributed by atoms with Crippen LogP contribution in [0.5, 0.6) is 0 Å². The largest absolute Gasteiger partial charge is 0.343 e. The Morgan fingerprint density at radius 2 is 2.22 bits per heavy atom. The summed E-state index contributed by atoms with van der Waals surface area (Å²) in [6.07, 6.45) is 5.73. The normalized spacial score (nSPS) is 20.7. The first-order valence-electron chi connectivity index (χ1n) is 6.68. The van der Waals surface area contributed by atoms with Crippen LogP contribution in [0.15, 0.2) is 24.4 Å². The Kier molecular flexibility index (Phi) is 3.04. The molecule has 0 aliphatic heterocycles. The zero-order chi connectivity index (χ0) is 12.7. The number of nitrogens with two attached hydrogens (primary N) is 1. The van der Waals surface area contributed by atoms with Gasteiger partial charge in [-0.2, -0.15) is 0 Å². The first kappa shape index (κ1) is 12.0. The number of aromatic nitrogens is 1. The van der Waals surface area contributed by atoms with Crippen molar-refractivity contribution in [3.8, 4) is 0 Å². The number of aryl methyl sites for hydroxylation is 1. The van der Waals surface area contributed by atoms with Crippen LogP contribution in [0.1, 0.15) is 52.9 Å². The molecule has 3 rings (SSSR count). The van der Waals surface area contributed by atoms with E-state index in [-0.39, 0.29) is 6.04 Å². The van der Waals surface area contributed by atoms with Crippen LogP contribution < -0.4 is 5.73 Å². The van der Waals surface area contributed by atoms with Crippen molar-refractivity contribution in [2.24, 2.45) is 5.73 Å². The zero-order valence-corrected chi connectivity index (χ0v) is 11.8. The molecule has 0 fully saturated rings. The van der Waals surface area contributed by atoms with Gasteiger partial charge < -0.3 is 10.3 Å². The molecule has 0 aromatic carbocycles. The fourth-order valence-corrected chi connectivity index (χ4v) is 3.86. The van der Waals surface area contributed by atoms with Crippen molar-refractivity contribution in [3.05, 3.63) is 45.4 Å². The maximum absolute atomic E-state index is 6.19. The second-order valence-corrected chi connectivity index (χ2v) is 6.57. The van der Waals surface area contributed by atoms with Gasteiger partial charge in [0.15, 0.2) is 0 Å². The van der Waals surface area contributed by atoms with Gasteiger partial charge in [-0.1, -0.05) is 0 Å². The fraction of sp³-hybridized carbons (Fsp3) is 0.467. The first-order chi connectivity index (χ1) is 8.66. The van der Waals surface area contributed by atoms with E-state index < -0.39 is 0 Å². The molecular formula is C15H20N2S. The van der Waals surface area contributed by atoms with Crippen molar-refractivity contribution in [1.82, 2.24) is 4.57 Å². The standard InChI is InChI=1S/C15H20N2S/c1-10-6-7-15(18-10)11(2)17-9-8-12-13(16)4-3-5-14(12)17/h6-9,11,13H,3-5,16H2,1-2H3. The number of hydrogen-bond acceptors (Lipinski definition) is 2. The lowest BCUT2D eigenvalue weighted by atomic mass is 9.93. The lowest BCUT2D eigenvalue weighted by Gasteiger charge is -2.23. The highest BCUT2D eigenvalue weighted by Crippen LogP contribution is 2.33. The SMILES string of the molecule is Cc1ccc(C(C)n2ccc3c2CCCC3N)s1. The van der Waals surface area contributed by atoms with Crippen molar-refractivity contribution in [2.75, 3.05) is 0 Å². The van der Waals surface area contributed by atoms with Crippen molar-refractivity contribution in [3.63, 3.8) is 0 Å². The second kappa shape index (κ2) is 4.56. The van der Waals surface area contributed by atoms with Crippen LogP contribution in [0.3, 0.4) is 0 Å². The molecule has 2 nitrogen and oxygen atoms in total. The molecule has 0 saturated carbocycles. The third-order valence-electron chi connectivity index (χ3n) is 3.98. The molecule has 1 aliphatic carbocycles. The average molecular weight is 260 g/mol. The van der Waals surface area contributed by atoms with Crippen molar-refractivity contribution < 1.29 is 0 Å². The Bertz CT molecular complexity index is 553. The molecule has 3 heteroatoms. The van der Waals surface area contributed by atoms with Gasteiger partial charge in [0.05, 0.1) is 6.04 Å². The Morgan fingerprint density at radius 1 is 1.39 bits per heavy atom. The zero-order valence-electron chi connectivity index (χ0n) is 11.0. The third-order valence-corrected chi connectivity index (χ3v) is 5.15. The Morgan fingerprint density at radius 3 is 2.94 bits per heavy atom. The van der Waals surface area contributed by atoms with Gasteiger partial charge in [-0.15, -0.1) is 11.3 Å².